The Morgan fingerprint density at radius 1 is 1.05 bits per heavy atom. The van der Waals surface area contributed by atoms with E-state index in [9.17, 15) is 4.79 Å². The van der Waals surface area contributed by atoms with Crippen LogP contribution in [0.15, 0.2) is 24.3 Å². The van der Waals surface area contributed by atoms with Crippen molar-refractivity contribution >= 4 is 11.6 Å². The SMILES string of the molecule is O=C(Nc1ccc(CNC2CC2)cc1)C1CC2CCC1C2. The highest BCUT2D eigenvalue weighted by atomic mass is 16.1. The number of hydrogen-bond acceptors (Lipinski definition) is 2. The van der Waals surface area contributed by atoms with E-state index in [-0.39, 0.29) is 11.8 Å². The molecule has 2 N–H and O–H groups in total. The summed E-state index contributed by atoms with van der Waals surface area (Å²) in [5.41, 5.74) is 2.23. The summed E-state index contributed by atoms with van der Waals surface area (Å²) < 4.78 is 0. The van der Waals surface area contributed by atoms with Crippen LogP contribution in [0.2, 0.25) is 0 Å². The molecule has 3 unspecified atom stereocenters. The highest BCUT2D eigenvalue weighted by molar-refractivity contribution is 5.93. The molecule has 21 heavy (non-hydrogen) atoms. The number of carbonyl (C=O) groups is 1. The first kappa shape index (κ1) is 13.3. The summed E-state index contributed by atoms with van der Waals surface area (Å²) in [5.74, 6) is 1.98. The number of rotatable bonds is 5. The minimum Gasteiger partial charge on any atom is -0.326 e. The van der Waals surface area contributed by atoms with E-state index in [0.29, 0.717) is 5.92 Å². The lowest BCUT2D eigenvalue weighted by Crippen LogP contribution is -2.27. The predicted molar refractivity (Wildman–Crippen MR) is 83.9 cm³/mol. The van der Waals surface area contributed by atoms with Crippen LogP contribution in [-0.4, -0.2) is 11.9 Å². The molecule has 4 rings (SSSR count). The van der Waals surface area contributed by atoms with Gasteiger partial charge in [-0.1, -0.05) is 18.6 Å². The van der Waals surface area contributed by atoms with E-state index in [1.54, 1.807) is 0 Å². The fraction of sp³-hybridized carbons (Fsp3) is 0.611. The summed E-state index contributed by atoms with van der Waals surface area (Å²) in [5, 5.41) is 6.62. The maximum absolute atomic E-state index is 12.4. The Labute approximate surface area is 126 Å². The third-order valence-electron chi connectivity index (χ3n) is 5.47. The molecule has 1 amide bonds. The molecule has 0 aromatic heterocycles. The average Bonchev–Trinajstić information content (AvgIpc) is 3.09. The second-order valence-corrected chi connectivity index (χ2v) is 7.12. The van der Waals surface area contributed by atoms with Crippen LogP contribution in [0.5, 0.6) is 0 Å². The van der Waals surface area contributed by atoms with Crippen LogP contribution >= 0.6 is 0 Å². The van der Waals surface area contributed by atoms with Gasteiger partial charge in [-0.25, -0.2) is 0 Å². The van der Waals surface area contributed by atoms with Gasteiger partial charge in [0.1, 0.15) is 0 Å². The summed E-state index contributed by atoms with van der Waals surface area (Å²) in [6, 6.07) is 9.05. The largest absolute Gasteiger partial charge is 0.326 e. The molecule has 3 heteroatoms. The fourth-order valence-corrected chi connectivity index (χ4v) is 4.06. The van der Waals surface area contributed by atoms with Crippen molar-refractivity contribution in [1.82, 2.24) is 5.32 Å². The summed E-state index contributed by atoms with van der Waals surface area (Å²) >= 11 is 0. The number of amides is 1. The van der Waals surface area contributed by atoms with Crippen LogP contribution in [0.25, 0.3) is 0 Å². The Kier molecular flexibility index (Phi) is 3.46. The second-order valence-electron chi connectivity index (χ2n) is 7.12. The highest BCUT2D eigenvalue weighted by Gasteiger charge is 2.42. The molecule has 112 valence electrons. The van der Waals surface area contributed by atoms with Crippen molar-refractivity contribution in [3.63, 3.8) is 0 Å². The van der Waals surface area contributed by atoms with Crippen LogP contribution in [0.4, 0.5) is 5.69 Å². The Morgan fingerprint density at radius 3 is 2.48 bits per heavy atom. The van der Waals surface area contributed by atoms with E-state index in [2.05, 4.69) is 22.8 Å². The normalized spacial score (nSPS) is 30.6. The molecule has 0 heterocycles. The molecule has 3 fully saturated rings. The first-order chi connectivity index (χ1) is 10.3. The Morgan fingerprint density at radius 2 is 1.86 bits per heavy atom. The van der Waals surface area contributed by atoms with Crippen molar-refractivity contribution in [3.05, 3.63) is 29.8 Å². The quantitative estimate of drug-likeness (QED) is 0.871. The van der Waals surface area contributed by atoms with Gasteiger partial charge >= 0.3 is 0 Å². The van der Waals surface area contributed by atoms with Gasteiger partial charge in [-0.3, -0.25) is 4.79 Å². The lowest BCUT2D eigenvalue weighted by Gasteiger charge is -2.20. The summed E-state index contributed by atoms with van der Waals surface area (Å²) in [7, 11) is 0. The average molecular weight is 284 g/mol. The summed E-state index contributed by atoms with van der Waals surface area (Å²) in [6.45, 7) is 0.936. The van der Waals surface area contributed by atoms with E-state index in [1.165, 1.54) is 37.7 Å². The molecule has 1 aromatic rings. The van der Waals surface area contributed by atoms with Gasteiger partial charge in [0.15, 0.2) is 0 Å². The third kappa shape index (κ3) is 2.98. The molecule has 0 aliphatic heterocycles. The lowest BCUT2D eigenvalue weighted by molar-refractivity contribution is -0.121. The van der Waals surface area contributed by atoms with Gasteiger partial charge in [-0.2, -0.15) is 0 Å². The minimum absolute atomic E-state index is 0.242. The van der Waals surface area contributed by atoms with Crippen molar-refractivity contribution in [2.45, 2.75) is 51.1 Å². The molecule has 0 saturated heterocycles. The first-order valence-electron chi connectivity index (χ1n) is 8.41. The molecule has 0 radical (unpaired) electrons. The van der Waals surface area contributed by atoms with E-state index < -0.39 is 0 Å². The maximum atomic E-state index is 12.4. The van der Waals surface area contributed by atoms with Crippen molar-refractivity contribution < 1.29 is 4.79 Å². The maximum Gasteiger partial charge on any atom is 0.227 e. The Hall–Kier alpha value is -1.35. The molecule has 3 nitrogen and oxygen atoms in total. The van der Waals surface area contributed by atoms with E-state index >= 15 is 0 Å². The van der Waals surface area contributed by atoms with Gasteiger partial charge in [-0.05, 0) is 61.6 Å². The van der Waals surface area contributed by atoms with E-state index in [4.69, 9.17) is 0 Å². The standard InChI is InChI=1S/C18H24N2O/c21-18(17-10-13-1-4-14(17)9-13)20-16-5-2-12(3-6-16)11-19-15-7-8-15/h2-3,5-6,13-15,17,19H,1,4,7-11H2,(H,20,21). The first-order valence-corrected chi connectivity index (χ1v) is 8.41. The van der Waals surface area contributed by atoms with E-state index in [1.807, 2.05) is 12.1 Å². The number of fused-ring (bicyclic) bond motifs is 2. The number of benzene rings is 1. The van der Waals surface area contributed by atoms with Crippen LogP contribution in [0.3, 0.4) is 0 Å². The van der Waals surface area contributed by atoms with Gasteiger partial charge < -0.3 is 10.6 Å². The van der Waals surface area contributed by atoms with Gasteiger partial charge in [-0.15, -0.1) is 0 Å². The topological polar surface area (TPSA) is 41.1 Å². The van der Waals surface area contributed by atoms with Crippen molar-refractivity contribution in [2.24, 2.45) is 17.8 Å². The minimum atomic E-state index is 0.242. The number of anilines is 1. The molecule has 3 saturated carbocycles. The van der Waals surface area contributed by atoms with Gasteiger partial charge in [0.25, 0.3) is 0 Å². The molecule has 3 aliphatic rings. The highest BCUT2D eigenvalue weighted by Crippen LogP contribution is 2.48. The predicted octanol–water partition coefficient (Wildman–Crippen LogP) is 3.31. The Balaban J connectivity index is 1.32. The Bertz CT molecular complexity index is 521. The number of nitrogens with one attached hydrogen (secondary N) is 2. The van der Waals surface area contributed by atoms with Crippen molar-refractivity contribution in [2.75, 3.05) is 5.32 Å². The summed E-state index contributed by atoms with van der Waals surface area (Å²) in [6.07, 6.45) is 7.63. The fourth-order valence-electron chi connectivity index (χ4n) is 4.06. The molecule has 1 aromatic carbocycles. The monoisotopic (exact) mass is 284 g/mol. The molecule has 2 bridgehead atoms. The zero-order chi connectivity index (χ0) is 14.2. The third-order valence-corrected chi connectivity index (χ3v) is 5.47. The van der Waals surface area contributed by atoms with E-state index in [0.717, 1.165) is 30.6 Å². The van der Waals surface area contributed by atoms with Crippen LogP contribution in [0, 0.1) is 17.8 Å². The molecular weight excluding hydrogens is 260 g/mol. The van der Waals surface area contributed by atoms with Gasteiger partial charge in [0.2, 0.25) is 5.91 Å². The van der Waals surface area contributed by atoms with Gasteiger partial charge in [0, 0.05) is 24.2 Å². The van der Waals surface area contributed by atoms with Gasteiger partial charge in [0.05, 0.1) is 0 Å². The van der Waals surface area contributed by atoms with Crippen LogP contribution < -0.4 is 10.6 Å². The lowest BCUT2D eigenvalue weighted by atomic mass is 9.88. The molecular formula is C18H24N2O. The second kappa shape index (κ2) is 5.45. The zero-order valence-corrected chi connectivity index (χ0v) is 12.5. The van der Waals surface area contributed by atoms with Crippen LogP contribution in [-0.2, 0) is 11.3 Å². The number of carbonyl (C=O) groups excluding carboxylic acids is 1. The van der Waals surface area contributed by atoms with Crippen molar-refractivity contribution in [1.29, 1.82) is 0 Å². The van der Waals surface area contributed by atoms with Crippen LogP contribution in [0.1, 0.15) is 44.1 Å². The molecule has 0 spiro atoms. The number of hydrogen-bond donors (Lipinski definition) is 2. The smallest absolute Gasteiger partial charge is 0.227 e. The zero-order valence-electron chi connectivity index (χ0n) is 12.5. The van der Waals surface area contributed by atoms with Crippen molar-refractivity contribution in [3.8, 4) is 0 Å². The molecule has 3 atom stereocenters. The molecule has 3 aliphatic carbocycles. The summed E-state index contributed by atoms with van der Waals surface area (Å²) in [4.78, 5) is 12.4.